The molecule has 4 nitrogen and oxygen atoms in total. The number of hydrogen-bond donors (Lipinski definition) is 0. The van der Waals surface area contributed by atoms with Crippen LogP contribution >= 0.6 is 0 Å². The average molecular weight is 235 g/mol. The van der Waals surface area contributed by atoms with Crippen LogP contribution in [0.2, 0.25) is 0 Å². The molecular weight excluding hydrogens is 218 g/mol. The summed E-state index contributed by atoms with van der Waals surface area (Å²) in [6, 6.07) is 0.358. The van der Waals surface area contributed by atoms with Gasteiger partial charge in [-0.15, -0.1) is 0 Å². The molecule has 1 aliphatic carbocycles. The van der Waals surface area contributed by atoms with E-state index in [0.29, 0.717) is 12.6 Å². The van der Waals surface area contributed by atoms with E-state index in [1.165, 1.54) is 6.08 Å². The van der Waals surface area contributed by atoms with Crippen molar-refractivity contribution in [2.45, 2.75) is 25.8 Å². The fraction of sp³-hybridized carbons (Fsp3) is 0.538. The lowest BCUT2D eigenvalue weighted by Crippen LogP contribution is -2.63. The summed E-state index contributed by atoms with van der Waals surface area (Å²) in [6.07, 6.45) is 8.97. The van der Waals surface area contributed by atoms with E-state index in [9.17, 15) is 9.59 Å². The molecule has 0 aromatic carbocycles. The van der Waals surface area contributed by atoms with Gasteiger partial charge in [0.05, 0.1) is 18.6 Å². The van der Waals surface area contributed by atoms with Crippen LogP contribution in [0, 0.1) is 5.92 Å². The van der Waals surface area contributed by atoms with E-state index >= 15 is 0 Å². The molecule has 4 heteroatoms. The molecule has 0 saturated carbocycles. The molecule has 2 atom stereocenters. The van der Waals surface area contributed by atoms with Gasteiger partial charge in [0.2, 0.25) is 5.91 Å². The van der Waals surface area contributed by atoms with Crippen molar-refractivity contribution in [1.29, 1.82) is 0 Å². The highest BCUT2D eigenvalue weighted by Crippen LogP contribution is 2.36. The Labute approximate surface area is 101 Å². The monoisotopic (exact) mass is 235 g/mol. The molecule has 1 saturated heterocycles. The Bertz CT molecular complexity index is 373. The first-order valence-electron chi connectivity index (χ1n) is 6.06. The van der Waals surface area contributed by atoms with Gasteiger partial charge in [-0.2, -0.15) is 0 Å². The number of carbonyl (C=O) groups excluding carboxylic acids is 2. The van der Waals surface area contributed by atoms with Crippen molar-refractivity contribution >= 4 is 11.9 Å². The van der Waals surface area contributed by atoms with Crippen LogP contribution in [0.3, 0.4) is 0 Å². The van der Waals surface area contributed by atoms with Crippen molar-refractivity contribution < 1.29 is 14.3 Å². The molecule has 1 fully saturated rings. The number of ether oxygens (including phenoxy) is 1. The van der Waals surface area contributed by atoms with E-state index in [1.807, 2.05) is 11.0 Å². The number of carbonyl (C=O) groups is 2. The summed E-state index contributed by atoms with van der Waals surface area (Å²) < 4.78 is 4.76. The molecule has 0 N–H and O–H groups in total. The van der Waals surface area contributed by atoms with Gasteiger partial charge in [-0.05, 0) is 19.8 Å². The smallest absolute Gasteiger partial charge is 0.330 e. The normalized spacial score (nSPS) is 25.5. The number of likely N-dealkylation sites (tertiary alicyclic amines) is 1. The lowest BCUT2D eigenvalue weighted by atomic mass is 9.78. The maximum absolute atomic E-state index is 11.5. The standard InChI is InChI=1S/C13H17NO3/c1-2-17-12(15)6-4-3-5-9-14-11-8-7-10(11)13(14)16/h4,6-8,10-11H,2-3,5,9H2,1H3/b6-4+. The second-order valence-electron chi connectivity index (χ2n) is 4.23. The van der Waals surface area contributed by atoms with E-state index < -0.39 is 0 Å². The van der Waals surface area contributed by atoms with Crippen LogP contribution in [0.4, 0.5) is 0 Å². The zero-order valence-electron chi connectivity index (χ0n) is 9.96. The minimum atomic E-state index is -0.297. The number of unbranched alkanes of at least 4 members (excludes halogenated alkanes) is 1. The molecule has 0 spiro atoms. The highest BCUT2D eigenvalue weighted by Gasteiger charge is 2.48. The summed E-state index contributed by atoms with van der Waals surface area (Å²) in [7, 11) is 0. The Morgan fingerprint density at radius 3 is 2.94 bits per heavy atom. The Kier molecular flexibility index (Phi) is 3.61. The summed E-state index contributed by atoms with van der Waals surface area (Å²) in [5.41, 5.74) is 0. The van der Waals surface area contributed by atoms with Gasteiger partial charge in [0.15, 0.2) is 0 Å². The molecule has 1 heterocycles. The summed E-state index contributed by atoms with van der Waals surface area (Å²) in [5, 5.41) is 0. The Morgan fingerprint density at radius 1 is 1.53 bits per heavy atom. The van der Waals surface area contributed by atoms with Gasteiger partial charge >= 0.3 is 5.97 Å². The minimum Gasteiger partial charge on any atom is -0.463 e. The molecule has 0 aromatic heterocycles. The summed E-state index contributed by atoms with van der Waals surface area (Å²) in [4.78, 5) is 24.3. The third kappa shape index (κ3) is 2.40. The molecule has 2 unspecified atom stereocenters. The molecule has 2 rings (SSSR count). The van der Waals surface area contributed by atoms with Crippen LogP contribution in [0.15, 0.2) is 24.3 Å². The molecule has 0 radical (unpaired) electrons. The zero-order valence-corrected chi connectivity index (χ0v) is 9.96. The van der Waals surface area contributed by atoms with Gasteiger partial charge in [0.25, 0.3) is 0 Å². The topological polar surface area (TPSA) is 46.6 Å². The van der Waals surface area contributed by atoms with Crippen molar-refractivity contribution in [1.82, 2.24) is 4.90 Å². The van der Waals surface area contributed by atoms with Gasteiger partial charge in [-0.25, -0.2) is 4.79 Å². The third-order valence-electron chi connectivity index (χ3n) is 3.12. The fourth-order valence-electron chi connectivity index (χ4n) is 2.11. The van der Waals surface area contributed by atoms with Crippen LogP contribution in [-0.2, 0) is 14.3 Å². The van der Waals surface area contributed by atoms with Gasteiger partial charge < -0.3 is 9.64 Å². The quantitative estimate of drug-likeness (QED) is 0.229. The van der Waals surface area contributed by atoms with Crippen molar-refractivity contribution in [2.24, 2.45) is 5.92 Å². The van der Waals surface area contributed by atoms with E-state index in [0.717, 1.165) is 19.4 Å². The molecule has 0 aromatic rings. The van der Waals surface area contributed by atoms with Crippen molar-refractivity contribution in [3.63, 3.8) is 0 Å². The number of rotatable bonds is 6. The summed E-state index contributed by atoms with van der Waals surface area (Å²) in [6.45, 7) is 2.96. The first-order chi connectivity index (χ1) is 8.24. The largest absolute Gasteiger partial charge is 0.463 e. The van der Waals surface area contributed by atoms with Gasteiger partial charge in [0, 0.05) is 12.6 Å². The van der Waals surface area contributed by atoms with E-state index in [-0.39, 0.29) is 17.8 Å². The molecule has 92 valence electrons. The summed E-state index contributed by atoms with van der Waals surface area (Å²) >= 11 is 0. The predicted molar refractivity (Wildman–Crippen MR) is 63.1 cm³/mol. The maximum Gasteiger partial charge on any atom is 0.330 e. The maximum atomic E-state index is 11.5. The highest BCUT2D eigenvalue weighted by atomic mass is 16.5. The number of allylic oxidation sites excluding steroid dienone is 1. The fourth-order valence-corrected chi connectivity index (χ4v) is 2.11. The third-order valence-corrected chi connectivity index (χ3v) is 3.12. The predicted octanol–water partition coefficient (Wildman–Crippen LogP) is 1.28. The lowest BCUT2D eigenvalue weighted by Gasteiger charge is -2.49. The Hall–Kier alpha value is -1.58. The van der Waals surface area contributed by atoms with E-state index in [2.05, 4.69) is 6.08 Å². The number of hydrogen-bond acceptors (Lipinski definition) is 3. The Morgan fingerprint density at radius 2 is 2.35 bits per heavy atom. The number of nitrogens with zero attached hydrogens (tertiary/aromatic N) is 1. The van der Waals surface area contributed by atoms with Gasteiger partial charge in [0.1, 0.15) is 0 Å². The van der Waals surface area contributed by atoms with Gasteiger partial charge in [-0.1, -0.05) is 18.2 Å². The van der Waals surface area contributed by atoms with E-state index in [4.69, 9.17) is 4.74 Å². The highest BCUT2D eigenvalue weighted by molar-refractivity contribution is 5.90. The molecule has 2 aliphatic rings. The second kappa shape index (κ2) is 5.17. The zero-order chi connectivity index (χ0) is 12.3. The number of esters is 1. The second-order valence-corrected chi connectivity index (χ2v) is 4.23. The molecule has 0 bridgehead atoms. The Balaban J connectivity index is 1.59. The first-order valence-corrected chi connectivity index (χ1v) is 6.06. The molecule has 1 aliphatic heterocycles. The lowest BCUT2D eigenvalue weighted by molar-refractivity contribution is -0.151. The minimum absolute atomic E-state index is 0.171. The van der Waals surface area contributed by atoms with Crippen LogP contribution in [0.1, 0.15) is 19.8 Å². The van der Waals surface area contributed by atoms with Crippen LogP contribution in [0.25, 0.3) is 0 Å². The first kappa shape index (κ1) is 11.9. The number of amides is 1. The number of fused-ring (bicyclic) bond motifs is 1. The molecule has 1 amide bonds. The van der Waals surface area contributed by atoms with Crippen molar-refractivity contribution in [3.05, 3.63) is 24.3 Å². The van der Waals surface area contributed by atoms with Crippen LogP contribution < -0.4 is 0 Å². The van der Waals surface area contributed by atoms with Crippen molar-refractivity contribution in [3.8, 4) is 0 Å². The average Bonchev–Trinajstić information content (AvgIpc) is 2.26. The SMILES string of the molecule is CCOC(=O)/C=C/CCCN1C(=O)C2C=CC21. The van der Waals surface area contributed by atoms with Crippen molar-refractivity contribution in [2.75, 3.05) is 13.2 Å². The van der Waals surface area contributed by atoms with Gasteiger partial charge in [-0.3, -0.25) is 4.79 Å². The summed E-state index contributed by atoms with van der Waals surface area (Å²) in [5.74, 6) is 0.117. The number of β-lactam (4-membered cyclic amide) rings is 1. The van der Waals surface area contributed by atoms with Crippen LogP contribution in [0.5, 0.6) is 0 Å². The van der Waals surface area contributed by atoms with E-state index in [1.54, 1.807) is 13.0 Å². The molecule has 17 heavy (non-hydrogen) atoms. The molecular formula is C13H17NO3. The van der Waals surface area contributed by atoms with Crippen LogP contribution in [-0.4, -0.2) is 36.0 Å².